The van der Waals surface area contributed by atoms with E-state index in [9.17, 15) is 0 Å². The van der Waals surface area contributed by atoms with Gasteiger partial charge in [-0.15, -0.1) is 0 Å². The molecule has 0 aliphatic carbocycles. The molecule has 0 radical (unpaired) electrons. The molecule has 0 saturated heterocycles. The Hall–Kier alpha value is -3.05. The fraction of sp³-hybridized carbons (Fsp3) is 0.174. The van der Waals surface area contributed by atoms with Gasteiger partial charge >= 0.3 is 0 Å². The third-order valence-electron chi connectivity index (χ3n) is 4.67. The maximum Gasteiger partial charge on any atom is 0.187 e. The number of rotatable bonds is 1. The summed E-state index contributed by atoms with van der Waals surface area (Å²) in [5.74, 6) is 0. The molecule has 1 aromatic heterocycles. The molecular formula is C23H19NO. The molecule has 0 aliphatic heterocycles. The molecular weight excluding hydrogens is 306 g/mol. The molecule has 2 heteroatoms. The first-order chi connectivity index (χ1) is 12.0. The van der Waals surface area contributed by atoms with E-state index < -0.39 is 0 Å². The lowest BCUT2D eigenvalue weighted by molar-refractivity contribution is 0.590. The van der Waals surface area contributed by atoms with Gasteiger partial charge in [-0.05, 0) is 40.3 Å². The normalized spacial score (nSPS) is 11.8. The molecule has 0 N–H and O–H groups in total. The van der Waals surface area contributed by atoms with Gasteiger partial charge in [0.05, 0.1) is 6.57 Å². The topological polar surface area (TPSA) is 17.5 Å². The third-order valence-corrected chi connectivity index (χ3v) is 4.67. The summed E-state index contributed by atoms with van der Waals surface area (Å²) < 4.78 is 6.08. The van der Waals surface area contributed by atoms with Crippen LogP contribution < -0.4 is 0 Å². The Kier molecular flexibility index (Phi) is 3.40. The summed E-state index contributed by atoms with van der Waals surface area (Å²) in [7, 11) is 0. The van der Waals surface area contributed by atoms with Crippen molar-refractivity contribution in [2.24, 2.45) is 0 Å². The van der Waals surface area contributed by atoms with Crippen LogP contribution in [0.15, 0.2) is 65.1 Å². The predicted octanol–water partition coefficient (Wildman–Crippen LogP) is 7.10. The zero-order valence-electron chi connectivity index (χ0n) is 14.6. The minimum Gasteiger partial charge on any atom is -0.456 e. The first-order valence-corrected chi connectivity index (χ1v) is 8.41. The quantitative estimate of drug-likeness (QED) is 0.341. The molecule has 1 heterocycles. The molecule has 3 aromatic carbocycles. The lowest BCUT2D eigenvalue weighted by Gasteiger charge is -2.18. The van der Waals surface area contributed by atoms with Crippen LogP contribution in [0.5, 0.6) is 0 Å². The highest BCUT2D eigenvalue weighted by Crippen LogP contribution is 2.38. The van der Waals surface area contributed by atoms with Crippen molar-refractivity contribution >= 4 is 27.6 Å². The molecule has 4 rings (SSSR count). The van der Waals surface area contributed by atoms with Crippen molar-refractivity contribution in [3.63, 3.8) is 0 Å². The van der Waals surface area contributed by atoms with E-state index in [0.717, 1.165) is 33.1 Å². The van der Waals surface area contributed by atoms with Crippen molar-refractivity contribution in [3.8, 4) is 11.1 Å². The minimum absolute atomic E-state index is 0.0873. The third kappa shape index (κ3) is 2.58. The minimum atomic E-state index is 0.0873. The Morgan fingerprint density at radius 1 is 0.880 bits per heavy atom. The van der Waals surface area contributed by atoms with Crippen molar-refractivity contribution in [3.05, 3.63) is 77.6 Å². The average Bonchev–Trinajstić information content (AvgIpc) is 2.99. The van der Waals surface area contributed by atoms with Gasteiger partial charge in [-0.1, -0.05) is 63.2 Å². The molecule has 0 amide bonds. The fourth-order valence-electron chi connectivity index (χ4n) is 3.25. The second-order valence-corrected chi connectivity index (χ2v) is 7.40. The highest BCUT2D eigenvalue weighted by molar-refractivity contribution is 6.12. The molecule has 0 unspecified atom stereocenters. The SMILES string of the molecule is [C-]#[N+]c1ccc(-c2cccc3oc4ccc(C(C)(C)C)cc4c23)cc1. The molecule has 0 atom stereocenters. The summed E-state index contributed by atoms with van der Waals surface area (Å²) in [5, 5.41) is 2.28. The molecule has 0 saturated carbocycles. The van der Waals surface area contributed by atoms with E-state index in [1.807, 2.05) is 36.4 Å². The van der Waals surface area contributed by atoms with E-state index in [0.29, 0.717) is 5.69 Å². The molecule has 0 aliphatic rings. The number of benzene rings is 3. The van der Waals surface area contributed by atoms with E-state index in [-0.39, 0.29) is 5.41 Å². The molecule has 4 aromatic rings. The van der Waals surface area contributed by atoms with Gasteiger partial charge < -0.3 is 4.42 Å². The van der Waals surface area contributed by atoms with Crippen LogP contribution in [-0.4, -0.2) is 0 Å². The maximum absolute atomic E-state index is 7.13. The first kappa shape index (κ1) is 15.5. The van der Waals surface area contributed by atoms with Gasteiger partial charge in [0.15, 0.2) is 5.69 Å². The van der Waals surface area contributed by atoms with Crippen LogP contribution in [0, 0.1) is 6.57 Å². The number of hydrogen-bond donors (Lipinski definition) is 0. The summed E-state index contributed by atoms with van der Waals surface area (Å²) in [6.07, 6.45) is 0. The van der Waals surface area contributed by atoms with E-state index in [1.165, 1.54) is 5.56 Å². The van der Waals surface area contributed by atoms with Crippen LogP contribution in [0.1, 0.15) is 26.3 Å². The first-order valence-electron chi connectivity index (χ1n) is 8.41. The molecule has 0 spiro atoms. The van der Waals surface area contributed by atoms with Gasteiger partial charge in [-0.3, -0.25) is 0 Å². The number of nitrogens with zero attached hydrogens (tertiary/aromatic N) is 1. The lowest BCUT2D eigenvalue weighted by atomic mass is 9.86. The fourth-order valence-corrected chi connectivity index (χ4v) is 3.25. The van der Waals surface area contributed by atoms with Crippen LogP contribution in [-0.2, 0) is 5.41 Å². The van der Waals surface area contributed by atoms with Crippen LogP contribution >= 0.6 is 0 Å². The monoisotopic (exact) mass is 325 g/mol. The zero-order valence-corrected chi connectivity index (χ0v) is 14.6. The van der Waals surface area contributed by atoms with Gasteiger partial charge in [-0.25, -0.2) is 4.85 Å². The summed E-state index contributed by atoms with van der Waals surface area (Å²) in [6.45, 7) is 13.8. The van der Waals surface area contributed by atoms with Gasteiger partial charge in [0.1, 0.15) is 11.2 Å². The summed E-state index contributed by atoms with van der Waals surface area (Å²) >= 11 is 0. The lowest BCUT2D eigenvalue weighted by Crippen LogP contribution is -2.10. The van der Waals surface area contributed by atoms with E-state index in [2.05, 4.69) is 49.9 Å². The largest absolute Gasteiger partial charge is 0.456 e. The molecule has 25 heavy (non-hydrogen) atoms. The number of hydrogen-bond acceptors (Lipinski definition) is 1. The number of fused-ring (bicyclic) bond motifs is 3. The molecule has 0 fully saturated rings. The Balaban J connectivity index is 2.02. The molecule has 122 valence electrons. The van der Waals surface area contributed by atoms with E-state index in [1.54, 1.807) is 0 Å². The Bertz CT molecular complexity index is 1120. The number of furan rings is 1. The van der Waals surface area contributed by atoms with Gasteiger partial charge in [0, 0.05) is 10.8 Å². The smallest absolute Gasteiger partial charge is 0.187 e. The Labute approximate surface area is 147 Å². The van der Waals surface area contributed by atoms with Crippen LogP contribution in [0.2, 0.25) is 0 Å². The highest BCUT2D eigenvalue weighted by atomic mass is 16.3. The van der Waals surface area contributed by atoms with Gasteiger partial charge in [0.25, 0.3) is 0 Å². The van der Waals surface area contributed by atoms with Gasteiger partial charge in [0.2, 0.25) is 0 Å². The summed E-state index contributed by atoms with van der Waals surface area (Å²) in [6, 6.07) is 20.4. The van der Waals surface area contributed by atoms with Crippen molar-refractivity contribution in [2.45, 2.75) is 26.2 Å². The average molecular weight is 325 g/mol. The van der Waals surface area contributed by atoms with Crippen molar-refractivity contribution in [1.29, 1.82) is 0 Å². The second kappa shape index (κ2) is 5.50. The Morgan fingerprint density at radius 2 is 1.64 bits per heavy atom. The Morgan fingerprint density at radius 3 is 2.32 bits per heavy atom. The van der Waals surface area contributed by atoms with Crippen LogP contribution in [0.4, 0.5) is 5.69 Å². The van der Waals surface area contributed by atoms with Crippen molar-refractivity contribution < 1.29 is 4.42 Å². The van der Waals surface area contributed by atoms with Crippen LogP contribution in [0.25, 0.3) is 37.9 Å². The van der Waals surface area contributed by atoms with E-state index in [4.69, 9.17) is 11.0 Å². The van der Waals surface area contributed by atoms with Crippen molar-refractivity contribution in [1.82, 2.24) is 0 Å². The predicted molar refractivity (Wildman–Crippen MR) is 104 cm³/mol. The highest BCUT2D eigenvalue weighted by Gasteiger charge is 2.17. The maximum atomic E-state index is 7.13. The summed E-state index contributed by atoms with van der Waals surface area (Å²) in [4.78, 5) is 3.48. The zero-order chi connectivity index (χ0) is 17.6. The van der Waals surface area contributed by atoms with Crippen molar-refractivity contribution in [2.75, 3.05) is 0 Å². The summed E-state index contributed by atoms with van der Waals surface area (Å²) in [5.41, 5.74) is 6.08. The molecule has 0 bridgehead atoms. The van der Waals surface area contributed by atoms with E-state index >= 15 is 0 Å². The standard InChI is InChI=1S/C23H19NO/c1-23(2,3)16-10-13-20-19(14-16)22-18(6-5-7-21(22)25-20)15-8-11-17(24-4)12-9-15/h5-14H,1-3H3. The van der Waals surface area contributed by atoms with Gasteiger partial charge in [-0.2, -0.15) is 0 Å². The second-order valence-electron chi connectivity index (χ2n) is 7.40. The van der Waals surface area contributed by atoms with Crippen LogP contribution in [0.3, 0.4) is 0 Å². The molecule has 2 nitrogen and oxygen atoms in total.